The number of piperidine rings is 1. The molecule has 1 fully saturated rings. The Morgan fingerprint density at radius 3 is 2.82 bits per heavy atom. The molecule has 1 heterocycles. The standard InChI is InChI=1S/C13H27N3O/c1-11(2)8-15-13(17)10-16(3)9-12-6-4-5-7-14-12/h11-12,14H,4-10H2,1-3H3,(H,15,17). The fourth-order valence-electron chi connectivity index (χ4n) is 2.14. The van der Waals surface area contributed by atoms with Gasteiger partial charge in [-0.15, -0.1) is 0 Å². The normalized spacial score (nSPS) is 20.9. The minimum atomic E-state index is 0.136. The van der Waals surface area contributed by atoms with Crippen LogP contribution >= 0.6 is 0 Å². The number of hydrogen-bond acceptors (Lipinski definition) is 3. The predicted molar refractivity (Wildman–Crippen MR) is 71.0 cm³/mol. The molecule has 1 aliphatic rings. The topological polar surface area (TPSA) is 44.4 Å². The summed E-state index contributed by atoms with van der Waals surface area (Å²) >= 11 is 0. The second kappa shape index (κ2) is 7.67. The van der Waals surface area contributed by atoms with Crippen LogP contribution < -0.4 is 10.6 Å². The van der Waals surface area contributed by atoms with Crippen molar-refractivity contribution in [2.45, 2.75) is 39.2 Å². The van der Waals surface area contributed by atoms with Crippen molar-refractivity contribution in [1.29, 1.82) is 0 Å². The summed E-state index contributed by atoms with van der Waals surface area (Å²) < 4.78 is 0. The molecule has 1 atom stereocenters. The SMILES string of the molecule is CC(C)CNC(=O)CN(C)CC1CCCCN1. The molecule has 0 saturated carbocycles. The molecular weight excluding hydrogens is 214 g/mol. The molecule has 0 spiro atoms. The van der Waals surface area contributed by atoms with Crippen molar-refractivity contribution in [1.82, 2.24) is 15.5 Å². The highest BCUT2D eigenvalue weighted by Gasteiger charge is 2.15. The Bertz CT molecular complexity index is 225. The van der Waals surface area contributed by atoms with Crippen LogP contribution in [-0.2, 0) is 4.79 Å². The molecular formula is C13H27N3O. The third-order valence-corrected chi connectivity index (χ3v) is 3.07. The van der Waals surface area contributed by atoms with E-state index in [1.807, 2.05) is 7.05 Å². The van der Waals surface area contributed by atoms with Crippen molar-refractivity contribution in [2.75, 3.05) is 33.2 Å². The average Bonchev–Trinajstić information content (AvgIpc) is 2.27. The summed E-state index contributed by atoms with van der Waals surface area (Å²) in [5.74, 6) is 0.654. The molecule has 0 aromatic rings. The average molecular weight is 241 g/mol. The van der Waals surface area contributed by atoms with Crippen LogP contribution in [0.5, 0.6) is 0 Å². The van der Waals surface area contributed by atoms with E-state index in [1.54, 1.807) is 0 Å². The number of carbonyl (C=O) groups excluding carboxylic acids is 1. The van der Waals surface area contributed by atoms with E-state index in [0.717, 1.165) is 19.6 Å². The van der Waals surface area contributed by atoms with Crippen LogP contribution in [0.1, 0.15) is 33.1 Å². The van der Waals surface area contributed by atoms with Crippen molar-refractivity contribution in [3.8, 4) is 0 Å². The van der Waals surface area contributed by atoms with Crippen LogP contribution in [0.4, 0.5) is 0 Å². The third kappa shape index (κ3) is 6.64. The van der Waals surface area contributed by atoms with Gasteiger partial charge in [0, 0.05) is 19.1 Å². The van der Waals surface area contributed by atoms with Crippen LogP contribution in [0.25, 0.3) is 0 Å². The minimum absolute atomic E-state index is 0.136. The molecule has 1 unspecified atom stereocenters. The van der Waals surface area contributed by atoms with Gasteiger partial charge < -0.3 is 10.6 Å². The third-order valence-electron chi connectivity index (χ3n) is 3.07. The fraction of sp³-hybridized carbons (Fsp3) is 0.923. The van der Waals surface area contributed by atoms with E-state index in [-0.39, 0.29) is 5.91 Å². The molecule has 1 amide bonds. The number of rotatable bonds is 6. The number of likely N-dealkylation sites (N-methyl/N-ethyl adjacent to an activating group) is 1. The van der Waals surface area contributed by atoms with Crippen LogP contribution in [-0.4, -0.2) is 50.1 Å². The lowest BCUT2D eigenvalue weighted by Gasteiger charge is -2.27. The van der Waals surface area contributed by atoms with Gasteiger partial charge in [0.05, 0.1) is 6.54 Å². The second-order valence-electron chi connectivity index (χ2n) is 5.54. The van der Waals surface area contributed by atoms with Crippen LogP contribution in [0.15, 0.2) is 0 Å². The molecule has 1 rings (SSSR count). The Kier molecular flexibility index (Phi) is 6.52. The number of amides is 1. The number of carbonyl (C=O) groups is 1. The van der Waals surface area contributed by atoms with Crippen LogP contribution in [0.3, 0.4) is 0 Å². The highest BCUT2D eigenvalue weighted by molar-refractivity contribution is 5.77. The summed E-state index contributed by atoms with van der Waals surface area (Å²) in [6.45, 7) is 7.58. The summed E-state index contributed by atoms with van der Waals surface area (Å²) in [6.07, 6.45) is 3.83. The largest absolute Gasteiger partial charge is 0.355 e. The van der Waals surface area contributed by atoms with E-state index in [9.17, 15) is 4.79 Å². The maximum absolute atomic E-state index is 11.6. The summed E-state index contributed by atoms with van der Waals surface area (Å²) in [7, 11) is 2.02. The van der Waals surface area contributed by atoms with Gasteiger partial charge in [0.25, 0.3) is 0 Å². The molecule has 0 aromatic carbocycles. The zero-order chi connectivity index (χ0) is 12.7. The van der Waals surface area contributed by atoms with Gasteiger partial charge in [0.2, 0.25) is 5.91 Å². The molecule has 0 aliphatic carbocycles. The summed E-state index contributed by atoms with van der Waals surface area (Å²) in [4.78, 5) is 13.7. The van der Waals surface area contributed by atoms with Crippen molar-refractivity contribution in [3.05, 3.63) is 0 Å². The number of nitrogens with zero attached hydrogens (tertiary/aromatic N) is 1. The monoisotopic (exact) mass is 241 g/mol. The molecule has 0 bridgehead atoms. The van der Waals surface area contributed by atoms with E-state index >= 15 is 0 Å². The van der Waals surface area contributed by atoms with Crippen molar-refractivity contribution >= 4 is 5.91 Å². The second-order valence-corrected chi connectivity index (χ2v) is 5.54. The van der Waals surface area contributed by atoms with E-state index < -0.39 is 0 Å². The van der Waals surface area contributed by atoms with E-state index in [0.29, 0.717) is 18.5 Å². The van der Waals surface area contributed by atoms with E-state index in [1.165, 1.54) is 19.3 Å². The molecule has 0 aromatic heterocycles. The maximum atomic E-state index is 11.6. The molecule has 1 aliphatic heterocycles. The van der Waals surface area contributed by atoms with Crippen molar-refractivity contribution in [3.63, 3.8) is 0 Å². The molecule has 100 valence electrons. The van der Waals surface area contributed by atoms with Gasteiger partial charge in [-0.1, -0.05) is 20.3 Å². The van der Waals surface area contributed by atoms with Gasteiger partial charge in [-0.05, 0) is 32.4 Å². The van der Waals surface area contributed by atoms with Gasteiger partial charge in [0.1, 0.15) is 0 Å². The summed E-state index contributed by atoms with van der Waals surface area (Å²) in [5, 5.41) is 6.45. The van der Waals surface area contributed by atoms with Gasteiger partial charge in [-0.2, -0.15) is 0 Å². The van der Waals surface area contributed by atoms with Gasteiger partial charge in [0.15, 0.2) is 0 Å². The number of hydrogen-bond donors (Lipinski definition) is 2. The lowest BCUT2D eigenvalue weighted by molar-refractivity contribution is -0.122. The lowest BCUT2D eigenvalue weighted by Crippen LogP contribution is -2.45. The Morgan fingerprint density at radius 1 is 1.47 bits per heavy atom. The summed E-state index contributed by atoms with van der Waals surface area (Å²) in [6, 6.07) is 0.562. The Hall–Kier alpha value is -0.610. The van der Waals surface area contributed by atoms with Gasteiger partial charge >= 0.3 is 0 Å². The lowest BCUT2D eigenvalue weighted by atomic mass is 10.0. The van der Waals surface area contributed by atoms with E-state index in [4.69, 9.17) is 0 Å². The maximum Gasteiger partial charge on any atom is 0.234 e. The molecule has 1 saturated heterocycles. The van der Waals surface area contributed by atoms with Crippen molar-refractivity contribution in [2.24, 2.45) is 5.92 Å². The number of nitrogens with one attached hydrogen (secondary N) is 2. The molecule has 0 radical (unpaired) electrons. The Balaban J connectivity index is 2.14. The first kappa shape index (κ1) is 14.5. The Labute approximate surface area is 105 Å². The first-order valence-electron chi connectivity index (χ1n) is 6.76. The quantitative estimate of drug-likeness (QED) is 0.724. The molecule has 4 nitrogen and oxygen atoms in total. The Morgan fingerprint density at radius 2 is 2.24 bits per heavy atom. The highest BCUT2D eigenvalue weighted by atomic mass is 16.2. The molecule has 17 heavy (non-hydrogen) atoms. The van der Waals surface area contributed by atoms with Crippen LogP contribution in [0.2, 0.25) is 0 Å². The first-order chi connectivity index (χ1) is 8.08. The zero-order valence-corrected chi connectivity index (χ0v) is 11.5. The predicted octanol–water partition coefficient (Wildman–Crippen LogP) is 0.833. The smallest absolute Gasteiger partial charge is 0.234 e. The first-order valence-corrected chi connectivity index (χ1v) is 6.76. The van der Waals surface area contributed by atoms with Crippen LogP contribution in [0, 0.1) is 5.92 Å². The summed E-state index contributed by atoms with van der Waals surface area (Å²) in [5.41, 5.74) is 0. The minimum Gasteiger partial charge on any atom is -0.355 e. The highest BCUT2D eigenvalue weighted by Crippen LogP contribution is 2.07. The fourth-order valence-corrected chi connectivity index (χ4v) is 2.14. The zero-order valence-electron chi connectivity index (χ0n) is 11.5. The molecule has 2 N–H and O–H groups in total. The molecule has 4 heteroatoms. The van der Waals surface area contributed by atoms with Gasteiger partial charge in [-0.3, -0.25) is 9.69 Å². The van der Waals surface area contributed by atoms with Gasteiger partial charge in [-0.25, -0.2) is 0 Å². The van der Waals surface area contributed by atoms with Crippen molar-refractivity contribution < 1.29 is 4.79 Å². The van der Waals surface area contributed by atoms with E-state index in [2.05, 4.69) is 29.4 Å².